The standard InChI is InChI=1S/C27H22Cl4N8O/c1-14-2-3-16(9-20(14)28)34-24-15(11-32)12-33-25-19(24)8-17(10-21(25)29)35-26(18-4-5-23(30)36-27(18)31)22-13-39(6-7-40)38-37-22/h2-5,8-10,12-13,26,35,37-38,40H,6-7H2,1H3,(H,33,34)/t26-/m0/s1. The summed E-state index contributed by atoms with van der Waals surface area (Å²) in [5.74, 6) is 0. The van der Waals surface area contributed by atoms with E-state index in [0.29, 0.717) is 61.4 Å². The topological polar surface area (TPSA) is 121 Å². The first-order chi connectivity index (χ1) is 19.3. The highest BCUT2D eigenvalue weighted by Gasteiger charge is 2.25. The lowest BCUT2D eigenvalue weighted by Gasteiger charge is -2.23. The van der Waals surface area contributed by atoms with E-state index in [1.165, 1.54) is 6.20 Å². The fourth-order valence-electron chi connectivity index (χ4n) is 4.25. The molecular formula is C27H22Cl4N8O. The Morgan fingerprint density at radius 1 is 1.07 bits per heavy atom. The molecule has 0 fully saturated rings. The molecule has 0 saturated heterocycles. The fraction of sp³-hybridized carbons (Fsp3) is 0.148. The molecule has 0 spiro atoms. The van der Waals surface area contributed by atoms with Crippen LogP contribution in [0.4, 0.5) is 17.1 Å². The number of aliphatic hydroxyl groups excluding tert-OH is 1. The van der Waals surface area contributed by atoms with Crippen molar-refractivity contribution in [3.05, 3.63) is 97.6 Å². The first-order valence-electron chi connectivity index (χ1n) is 12.0. The molecule has 204 valence electrons. The number of aromatic nitrogens is 2. The van der Waals surface area contributed by atoms with Gasteiger partial charge in [0.15, 0.2) is 0 Å². The molecular weight excluding hydrogens is 594 g/mol. The molecule has 0 saturated carbocycles. The average Bonchev–Trinajstić information content (AvgIpc) is 3.39. The lowest BCUT2D eigenvalue weighted by molar-refractivity contribution is 0.195. The van der Waals surface area contributed by atoms with E-state index in [0.717, 1.165) is 5.56 Å². The number of nitrogens with zero attached hydrogens (tertiary/aromatic N) is 4. The number of rotatable bonds is 8. The first-order valence-corrected chi connectivity index (χ1v) is 13.5. The van der Waals surface area contributed by atoms with E-state index in [2.05, 4.69) is 37.6 Å². The summed E-state index contributed by atoms with van der Waals surface area (Å²) >= 11 is 25.6. The maximum atomic E-state index is 9.87. The molecule has 0 radical (unpaired) electrons. The van der Waals surface area contributed by atoms with Gasteiger partial charge in [-0.25, -0.2) is 4.98 Å². The average molecular weight is 616 g/mol. The van der Waals surface area contributed by atoms with Gasteiger partial charge in [0.05, 0.1) is 46.7 Å². The number of pyridine rings is 2. The van der Waals surface area contributed by atoms with Crippen LogP contribution in [0.2, 0.25) is 20.4 Å². The molecule has 9 nitrogen and oxygen atoms in total. The second-order valence-corrected chi connectivity index (χ2v) is 10.5. The molecule has 5 N–H and O–H groups in total. The third-order valence-corrected chi connectivity index (χ3v) is 7.45. The van der Waals surface area contributed by atoms with Gasteiger partial charge in [-0.15, -0.1) is 5.53 Å². The van der Waals surface area contributed by atoms with E-state index in [1.807, 2.05) is 31.3 Å². The Hall–Kier alpha value is -3.49. The summed E-state index contributed by atoms with van der Waals surface area (Å²) < 4.78 is 0. The number of hydrogen-bond acceptors (Lipinski definition) is 9. The molecule has 0 unspecified atom stereocenters. The van der Waals surface area contributed by atoms with Crippen molar-refractivity contribution in [3.8, 4) is 6.07 Å². The number of anilines is 3. The molecule has 0 amide bonds. The van der Waals surface area contributed by atoms with Crippen LogP contribution in [-0.4, -0.2) is 33.2 Å². The summed E-state index contributed by atoms with van der Waals surface area (Å²) in [5, 5.41) is 29.8. The Morgan fingerprint density at radius 3 is 2.60 bits per heavy atom. The smallest absolute Gasteiger partial charge is 0.136 e. The first kappa shape index (κ1) is 28.1. The van der Waals surface area contributed by atoms with Crippen LogP contribution in [0.5, 0.6) is 0 Å². The minimum absolute atomic E-state index is 0.0453. The lowest BCUT2D eigenvalue weighted by Crippen LogP contribution is -2.38. The molecule has 1 aliphatic rings. The highest BCUT2D eigenvalue weighted by molar-refractivity contribution is 6.36. The monoisotopic (exact) mass is 614 g/mol. The number of β-amino-alcohol motifs (C(OH)–C–C–N with tert-alkyl or cyclic N) is 1. The van der Waals surface area contributed by atoms with Gasteiger partial charge in [0.25, 0.3) is 0 Å². The number of hydrazine groups is 2. The van der Waals surface area contributed by atoms with E-state index in [4.69, 9.17) is 46.4 Å². The Balaban J connectivity index is 1.60. The van der Waals surface area contributed by atoms with Crippen LogP contribution < -0.4 is 21.6 Å². The van der Waals surface area contributed by atoms with Crippen molar-refractivity contribution >= 4 is 74.4 Å². The fourth-order valence-corrected chi connectivity index (χ4v) is 5.15. The van der Waals surface area contributed by atoms with E-state index in [9.17, 15) is 10.4 Å². The predicted molar refractivity (Wildman–Crippen MR) is 160 cm³/mol. The third-order valence-electron chi connectivity index (χ3n) is 6.24. The van der Waals surface area contributed by atoms with E-state index in [-0.39, 0.29) is 16.9 Å². The Morgan fingerprint density at radius 2 is 1.88 bits per heavy atom. The minimum atomic E-state index is -0.526. The summed E-state index contributed by atoms with van der Waals surface area (Å²) in [7, 11) is 0. The number of aryl methyl sites for hydroxylation is 1. The second-order valence-electron chi connectivity index (χ2n) is 8.93. The van der Waals surface area contributed by atoms with Crippen LogP contribution >= 0.6 is 46.4 Å². The summed E-state index contributed by atoms with van der Waals surface area (Å²) in [5.41, 5.74) is 11.1. The van der Waals surface area contributed by atoms with Crippen molar-refractivity contribution in [2.75, 3.05) is 23.8 Å². The van der Waals surface area contributed by atoms with E-state index >= 15 is 0 Å². The highest BCUT2D eigenvalue weighted by Crippen LogP contribution is 2.38. The molecule has 1 aliphatic heterocycles. The van der Waals surface area contributed by atoms with Gasteiger partial charge < -0.3 is 21.2 Å². The van der Waals surface area contributed by atoms with Crippen LogP contribution in [-0.2, 0) is 0 Å². The van der Waals surface area contributed by atoms with Crippen molar-refractivity contribution in [3.63, 3.8) is 0 Å². The summed E-state index contributed by atoms with van der Waals surface area (Å²) in [6.45, 7) is 2.23. The molecule has 5 rings (SSSR count). The zero-order valence-electron chi connectivity index (χ0n) is 20.9. The molecule has 2 aromatic carbocycles. The number of fused-ring (bicyclic) bond motifs is 1. The molecule has 1 atom stereocenters. The number of hydrogen-bond donors (Lipinski definition) is 5. The number of aliphatic hydroxyl groups is 1. The van der Waals surface area contributed by atoms with Gasteiger partial charge in [0.2, 0.25) is 0 Å². The number of nitriles is 1. The van der Waals surface area contributed by atoms with Gasteiger partial charge in [-0.1, -0.05) is 58.5 Å². The van der Waals surface area contributed by atoms with Crippen molar-refractivity contribution in [2.45, 2.75) is 13.0 Å². The zero-order chi connectivity index (χ0) is 28.4. The third kappa shape index (κ3) is 5.83. The molecule has 0 aliphatic carbocycles. The van der Waals surface area contributed by atoms with Gasteiger partial charge in [-0.05, 0) is 42.8 Å². The molecule has 40 heavy (non-hydrogen) atoms. The van der Waals surface area contributed by atoms with Crippen molar-refractivity contribution in [1.29, 1.82) is 5.26 Å². The van der Waals surface area contributed by atoms with Gasteiger partial charge in [-0.2, -0.15) is 5.26 Å². The minimum Gasteiger partial charge on any atom is -0.394 e. The summed E-state index contributed by atoms with van der Waals surface area (Å²) in [6, 6.07) is 14.3. The normalized spacial score (nSPS) is 13.5. The Labute approximate surface area is 250 Å². The largest absolute Gasteiger partial charge is 0.394 e. The quantitative estimate of drug-likeness (QED) is 0.142. The molecule has 3 heterocycles. The molecule has 2 aromatic heterocycles. The summed E-state index contributed by atoms with van der Waals surface area (Å²) in [4.78, 5) is 8.63. The van der Waals surface area contributed by atoms with E-state index in [1.54, 1.807) is 29.3 Å². The van der Waals surface area contributed by atoms with Gasteiger partial charge in [0.1, 0.15) is 16.4 Å². The van der Waals surface area contributed by atoms with Crippen LogP contribution in [0.1, 0.15) is 22.7 Å². The highest BCUT2D eigenvalue weighted by atomic mass is 35.5. The molecule has 4 aromatic rings. The maximum absolute atomic E-state index is 9.87. The number of nitrogens with one attached hydrogen (secondary N) is 4. The van der Waals surface area contributed by atoms with Crippen molar-refractivity contribution < 1.29 is 5.11 Å². The SMILES string of the molecule is Cc1ccc(Nc2c(C#N)cnc3c(Cl)cc(N[C@H](C4=CN(CCO)NN4)c4ccc(Cl)nc4Cl)cc23)cc1Cl. The maximum Gasteiger partial charge on any atom is 0.136 e. The molecule has 13 heteroatoms. The van der Waals surface area contributed by atoms with Gasteiger partial charge in [0, 0.05) is 39.7 Å². The Bertz CT molecular complexity index is 1670. The van der Waals surface area contributed by atoms with Gasteiger partial charge >= 0.3 is 0 Å². The second kappa shape index (κ2) is 11.9. The molecule has 0 bridgehead atoms. The van der Waals surface area contributed by atoms with Crippen molar-refractivity contribution in [1.82, 2.24) is 25.9 Å². The number of halogens is 4. The van der Waals surface area contributed by atoms with Crippen LogP contribution in [0.3, 0.4) is 0 Å². The Kier molecular flexibility index (Phi) is 8.38. The van der Waals surface area contributed by atoms with Crippen molar-refractivity contribution in [2.24, 2.45) is 0 Å². The lowest BCUT2D eigenvalue weighted by atomic mass is 10.0. The predicted octanol–water partition coefficient (Wildman–Crippen LogP) is 6.48. The summed E-state index contributed by atoms with van der Waals surface area (Å²) in [6.07, 6.45) is 3.29. The zero-order valence-corrected chi connectivity index (χ0v) is 24.0. The van der Waals surface area contributed by atoms with Crippen LogP contribution in [0, 0.1) is 18.3 Å². The number of benzene rings is 2. The van der Waals surface area contributed by atoms with Gasteiger partial charge in [-0.3, -0.25) is 9.99 Å². The van der Waals surface area contributed by atoms with Crippen LogP contribution in [0.15, 0.2) is 60.6 Å². The van der Waals surface area contributed by atoms with E-state index < -0.39 is 6.04 Å². The van der Waals surface area contributed by atoms with Crippen LogP contribution in [0.25, 0.3) is 10.9 Å².